The normalized spacial score (nSPS) is 10.1. The number of aromatic nitrogens is 1. The Morgan fingerprint density at radius 3 is 2.82 bits per heavy atom. The van der Waals surface area contributed by atoms with E-state index in [0.29, 0.717) is 18.0 Å². The van der Waals surface area contributed by atoms with Gasteiger partial charge in [-0.2, -0.15) is 0 Å². The van der Waals surface area contributed by atoms with Crippen LogP contribution in [-0.4, -0.2) is 30.7 Å². The Balaban J connectivity index is 1.77. The molecule has 1 amide bonds. The number of aryl methyl sites for hydroxylation is 1. The zero-order valence-corrected chi connectivity index (χ0v) is 12.3. The number of rotatable bonds is 6. The van der Waals surface area contributed by atoms with E-state index < -0.39 is 11.9 Å². The summed E-state index contributed by atoms with van der Waals surface area (Å²) in [6.07, 6.45) is 0. The predicted molar refractivity (Wildman–Crippen MR) is 76.4 cm³/mol. The van der Waals surface area contributed by atoms with Crippen LogP contribution in [0.15, 0.2) is 34.9 Å². The summed E-state index contributed by atoms with van der Waals surface area (Å²) in [5.41, 5.74) is 1.44. The molecular weight excluding hydrogens is 288 g/mol. The quantitative estimate of drug-likeness (QED) is 0.813. The molecule has 0 saturated heterocycles. The highest BCUT2D eigenvalue weighted by atomic mass is 16.6. The summed E-state index contributed by atoms with van der Waals surface area (Å²) in [6, 6.07) is 8.74. The lowest BCUT2D eigenvalue weighted by molar-refractivity contribution is -0.124. The first-order chi connectivity index (χ1) is 10.6. The Morgan fingerprint density at radius 2 is 2.14 bits per heavy atom. The molecule has 1 N–H and O–H groups in total. The molecular formula is C15H16N2O5. The van der Waals surface area contributed by atoms with Crippen molar-refractivity contribution in [2.45, 2.75) is 13.5 Å². The van der Waals surface area contributed by atoms with Crippen LogP contribution in [0.3, 0.4) is 0 Å². The Bertz CT molecular complexity index is 665. The van der Waals surface area contributed by atoms with E-state index in [9.17, 15) is 9.59 Å². The highest BCUT2D eigenvalue weighted by molar-refractivity contribution is 5.88. The SMILES string of the molecule is COc1cccc(CNC(=O)COC(=O)c2cc(C)no2)c1. The number of hydrogen-bond acceptors (Lipinski definition) is 6. The van der Waals surface area contributed by atoms with Gasteiger partial charge in [-0.05, 0) is 24.6 Å². The molecule has 1 aromatic carbocycles. The molecule has 2 rings (SSSR count). The van der Waals surface area contributed by atoms with Crippen molar-refractivity contribution in [3.05, 3.63) is 47.3 Å². The van der Waals surface area contributed by atoms with Crippen molar-refractivity contribution in [3.63, 3.8) is 0 Å². The Hall–Kier alpha value is -2.83. The van der Waals surface area contributed by atoms with E-state index in [1.807, 2.05) is 24.3 Å². The molecule has 2 aromatic rings. The Kier molecular flexibility index (Phi) is 5.13. The molecule has 22 heavy (non-hydrogen) atoms. The topological polar surface area (TPSA) is 90.7 Å². The number of nitrogens with one attached hydrogen (secondary N) is 1. The van der Waals surface area contributed by atoms with Gasteiger partial charge in [0.15, 0.2) is 6.61 Å². The first kappa shape index (κ1) is 15.6. The van der Waals surface area contributed by atoms with Crippen LogP contribution in [0.5, 0.6) is 5.75 Å². The smallest absolute Gasteiger partial charge is 0.377 e. The largest absolute Gasteiger partial charge is 0.497 e. The molecule has 0 atom stereocenters. The van der Waals surface area contributed by atoms with Crippen LogP contribution in [-0.2, 0) is 16.1 Å². The minimum atomic E-state index is -0.725. The van der Waals surface area contributed by atoms with Crippen molar-refractivity contribution in [3.8, 4) is 5.75 Å². The van der Waals surface area contributed by atoms with Gasteiger partial charge in [-0.25, -0.2) is 4.79 Å². The van der Waals surface area contributed by atoms with Crippen molar-refractivity contribution >= 4 is 11.9 Å². The summed E-state index contributed by atoms with van der Waals surface area (Å²) in [7, 11) is 1.57. The van der Waals surface area contributed by atoms with Crippen LogP contribution >= 0.6 is 0 Å². The fourth-order valence-electron chi connectivity index (χ4n) is 1.70. The first-order valence-electron chi connectivity index (χ1n) is 6.58. The van der Waals surface area contributed by atoms with E-state index in [1.165, 1.54) is 6.07 Å². The molecule has 116 valence electrons. The first-order valence-corrected chi connectivity index (χ1v) is 6.58. The minimum absolute atomic E-state index is 0.0295. The van der Waals surface area contributed by atoms with Gasteiger partial charge in [0.2, 0.25) is 5.76 Å². The number of methoxy groups -OCH3 is 1. The molecule has 7 heteroatoms. The van der Waals surface area contributed by atoms with Crippen molar-refractivity contribution in [1.82, 2.24) is 10.5 Å². The Labute approximate surface area is 127 Å². The lowest BCUT2D eigenvalue weighted by Gasteiger charge is -2.07. The van der Waals surface area contributed by atoms with E-state index in [2.05, 4.69) is 10.5 Å². The third-order valence-corrected chi connectivity index (χ3v) is 2.79. The van der Waals surface area contributed by atoms with Gasteiger partial charge in [-0.3, -0.25) is 4.79 Å². The molecule has 0 spiro atoms. The van der Waals surface area contributed by atoms with Crippen LogP contribution in [0.4, 0.5) is 0 Å². The van der Waals surface area contributed by atoms with Crippen molar-refractivity contribution in [2.24, 2.45) is 0 Å². The van der Waals surface area contributed by atoms with Gasteiger partial charge < -0.3 is 19.3 Å². The number of amides is 1. The summed E-state index contributed by atoms with van der Waals surface area (Å²) in [4.78, 5) is 23.2. The minimum Gasteiger partial charge on any atom is -0.497 e. The number of ether oxygens (including phenoxy) is 2. The lowest BCUT2D eigenvalue weighted by atomic mass is 10.2. The number of carbonyl (C=O) groups excluding carboxylic acids is 2. The highest BCUT2D eigenvalue weighted by Gasteiger charge is 2.14. The number of hydrogen-bond donors (Lipinski definition) is 1. The van der Waals surface area contributed by atoms with Gasteiger partial charge in [0.1, 0.15) is 5.75 Å². The fraction of sp³-hybridized carbons (Fsp3) is 0.267. The van der Waals surface area contributed by atoms with Crippen LogP contribution in [0, 0.1) is 6.92 Å². The number of carbonyl (C=O) groups is 2. The van der Waals surface area contributed by atoms with Crippen molar-refractivity contribution in [1.29, 1.82) is 0 Å². The second-order valence-corrected chi connectivity index (χ2v) is 4.54. The number of esters is 1. The predicted octanol–water partition coefficient (Wildman–Crippen LogP) is 1.46. The maximum absolute atomic E-state index is 11.6. The number of nitrogens with zero attached hydrogens (tertiary/aromatic N) is 1. The average Bonchev–Trinajstić information content (AvgIpc) is 2.97. The Morgan fingerprint density at radius 1 is 1.32 bits per heavy atom. The zero-order chi connectivity index (χ0) is 15.9. The summed E-state index contributed by atoms with van der Waals surface area (Å²) in [6.45, 7) is 1.61. The summed E-state index contributed by atoms with van der Waals surface area (Å²) >= 11 is 0. The molecule has 0 radical (unpaired) electrons. The van der Waals surface area contributed by atoms with Crippen LogP contribution < -0.4 is 10.1 Å². The maximum atomic E-state index is 11.6. The lowest BCUT2D eigenvalue weighted by Crippen LogP contribution is -2.28. The highest BCUT2D eigenvalue weighted by Crippen LogP contribution is 2.12. The molecule has 0 bridgehead atoms. The van der Waals surface area contributed by atoms with Gasteiger partial charge in [0.05, 0.1) is 12.8 Å². The van der Waals surface area contributed by atoms with Crippen LogP contribution in [0.1, 0.15) is 21.8 Å². The van der Waals surface area contributed by atoms with E-state index in [0.717, 1.165) is 5.56 Å². The average molecular weight is 304 g/mol. The number of benzene rings is 1. The molecule has 0 aliphatic carbocycles. The molecule has 1 aromatic heterocycles. The monoisotopic (exact) mass is 304 g/mol. The van der Waals surface area contributed by atoms with Crippen molar-refractivity contribution in [2.75, 3.05) is 13.7 Å². The second kappa shape index (κ2) is 7.26. The van der Waals surface area contributed by atoms with Gasteiger partial charge in [0, 0.05) is 12.6 Å². The van der Waals surface area contributed by atoms with E-state index in [4.69, 9.17) is 14.0 Å². The van der Waals surface area contributed by atoms with Gasteiger partial charge in [-0.15, -0.1) is 0 Å². The van der Waals surface area contributed by atoms with E-state index >= 15 is 0 Å². The summed E-state index contributed by atoms with van der Waals surface area (Å²) < 4.78 is 14.7. The second-order valence-electron chi connectivity index (χ2n) is 4.54. The molecule has 0 fully saturated rings. The molecule has 7 nitrogen and oxygen atoms in total. The summed E-state index contributed by atoms with van der Waals surface area (Å²) in [5.74, 6) is -0.457. The molecule has 1 heterocycles. The van der Waals surface area contributed by atoms with Gasteiger partial charge in [-0.1, -0.05) is 17.3 Å². The molecule has 0 aliphatic rings. The van der Waals surface area contributed by atoms with E-state index in [-0.39, 0.29) is 12.4 Å². The summed E-state index contributed by atoms with van der Waals surface area (Å²) in [5, 5.41) is 6.21. The van der Waals surface area contributed by atoms with Crippen LogP contribution in [0.25, 0.3) is 0 Å². The molecule has 0 aliphatic heterocycles. The fourth-order valence-corrected chi connectivity index (χ4v) is 1.70. The van der Waals surface area contributed by atoms with Gasteiger partial charge >= 0.3 is 5.97 Å². The third kappa shape index (κ3) is 4.34. The van der Waals surface area contributed by atoms with Gasteiger partial charge in [0.25, 0.3) is 5.91 Å². The standard InChI is InChI=1S/C15H16N2O5/c1-10-6-13(22-17-10)15(19)21-9-14(18)16-8-11-4-3-5-12(7-11)20-2/h3-7H,8-9H2,1-2H3,(H,16,18). The molecule has 0 saturated carbocycles. The van der Waals surface area contributed by atoms with Crippen molar-refractivity contribution < 1.29 is 23.6 Å². The zero-order valence-electron chi connectivity index (χ0n) is 12.3. The molecule has 0 unspecified atom stereocenters. The van der Waals surface area contributed by atoms with E-state index in [1.54, 1.807) is 14.0 Å². The van der Waals surface area contributed by atoms with Crippen LogP contribution in [0.2, 0.25) is 0 Å². The third-order valence-electron chi connectivity index (χ3n) is 2.79. The maximum Gasteiger partial charge on any atom is 0.377 e.